The molecule has 66 valence electrons. The van der Waals surface area contributed by atoms with Gasteiger partial charge in [0.2, 0.25) is 0 Å². The first-order valence-corrected chi connectivity index (χ1v) is 6.21. The molecular weight excluding hydrogens is 232 g/mol. The average Bonchev–Trinajstić information content (AvgIpc) is 2.58. The Morgan fingerprint density at radius 1 is 1.42 bits per heavy atom. The normalized spacial score (nSPS) is 29.5. The molecule has 1 aliphatic carbocycles. The van der Waals surface area contributed by atoms with E-state index in [0.717, 1.165) is 10.7 Å². The highest BCUT2D eigenvalue weighted by Crippen LogP contribution is 2.41. The highest BCUT2D eigenvalue weighted by molar-refractivity contribution is 9.09. The van der Waals surface area contributed by atoms with Crippen LogP contribution >= 0.6 is 27.3 Å². The Hall–Kier alpha value is 0.180. The van der Waals surface area contributed by atoms with Crippen molar-refractivity contribution in [3.63, 3.8) is 0 Å². The van der Waals surface area contributed by atoms with Crippen molar-refractivity contribution >= 4 is 27.3 Å². The van der Waals surface area contributed by atoms with Crippen molar-refractivity contribution in [2.75, 3.05) is 0 Å². The molecule has 0 saturated heterocycles. The zero-order valence-corrected chi connectivity index (χ0v) is 9.62. The highest BCUT2D eigenvalue weighted by Gasteiger charge is 2.26. The molecule has 1 aromatic rings. The van der Waals surface area contributed by atoms with Crippen LogP contribution in [0.1, 0.15) is 34.9 Å². The van der Waals surface area contributed by atoms with E-state index < -0.39 is 0 Å². The third-order valence-electron chi connectivity index (χ3n) is 2.56. The minimum absolute atomic E-state index is 0.732. The summed E-state index contributed by atoms with van der Waals surface area (Å²) in [4.78, 5) is 3.75. The first-order chi connectivity index (χ1) is 5.77. The Morgan fingerprint density at radius 3 is 2.75 bits per heavy atom. The predicted molar refractivity (Wildman–Crippen MR) is 58.4 cm³/mol. The fourth-order valence-corrected chi connectivity index (χ4v) is 4.01. The van der Waals surface area contributed by atoms with E-state index in [9.17, 15) is 0 Å². The Morgan fingerprint density at radius 2 is 2.25 bits per heavy atom. The van der Waals surface area contributed by atoms with E-state index >= 15 is 0 Å². The van der Waals surface area contributed by atoms with Gasteiger partial charge < -0.3 is 0 Å². The van der Waals surface area contributed by atoms with Crippen LogP contribution in [0, 0.1) is 6.92 Å². The number of halogens is 1. The average molecular weight is 245 g/mol. The van der Waals surface area contributed by atoms with E-state index in [1.165, 1.54) is 24.1 Å². The lowest BCUT2D eigenvalue weighted by Crippen LogP contribution is -2.01. The second kappa shape index (κ2) is 3.51. The Bertz CT molecular complexity index is 267. The third kappa shape index (κ3) is 1.60. The number of aryl methyl sites for hydroxylation is 1. The summed E-state index contributed by atoms with van der Waals surface area (Å²) in [6.07, 6.45) is 4.11. The van der Waals surface area contributed by atoms with Gasteiger partial charge in [0.25, 0.3) is 0 Å². The maximum Gasteiger partial charge on any atom is 0.0222 e. The Balaban J connectivity index is 2.19. The topological polar surface area (TPSA) is 0 Å². The monoisotopic (exact) mass is 244 g/mol. The number of rotatable bonds is 1. The molecule has 0 nitrogen and oxygen atoms in total. The lowest BCUT2D eigenvalue weighted by molar-refractivity contribution is 0.758. The molecule has 0 amide bonds. The van der Waals surface area contributed by atoms with Gasteiger partial charge in [0.15, 0.2) is 0 Å². The third-order valence-corrected chi connectivity index (χ3v) is 4.79. The standard InChI is InChI=1S/C10H13BrS/c1-7-5-6-10(12-7)8-3-2-4-9(8)11/h5-6,8-9H,2-4H2,1H3. The van der Waals surface area contributed by atoms with Gasteiger partial charge in [-0.2, -0.15) is 0 Å². The molecule has 2 atom stereocenters. The lowest BCUT2D eigenvalue weighted by Gasteiger charge is -2.10. The molecular formula is C10H13BrS. The molecule has 0 N–H and O–H groups in total. The highest BCUT2D eigenvalue weighted by atomic mass is 79.9. The van der Waals surface area contributed by atoms with Crippen LogP contribution in [-0.2, 0) is 0 Å². The van der Waals surface area contributed by atoms with Crippen molar-refractivity contribution in [3.05, 3.63) is 21.9 Å². The minimum atomic E-state index is 0.732. The molecule has 1 aliphatic rings. The minimum Gasteiger partial charge on any atom is -0.145 e. The zero-order chi connectivity index (χ0) is 8.55. The van der Waals surface area contributed by atoms with E-state index in [1.807, 2.05) is 11.3 Å². The molecule has 2 rings (SSSR count). The molecule has 1 saturated carbocycles. The number of thiophene rings is 1. The van der Waals surface area contributed by atoms with Gasteiger partial charge in [0.1, 0.15) is 0 Å². The van der Waals surface area contributed by atoms with Crippen molar-refractivity contribution < 1.29 is 0 Å². The van der Waals surface area contributed by atoms with Crippen LogP contribution in [0.3, 0.4) is 0 Å². The molecule has 1 heterocycles. The predicted octanol–water partition coefficient (Wildman–Crippen LogP) is 4.09. The van der Waals surface area contributed by atoms with Gasteiger partial charge in [-0.05, 0) is 31.9 Å². The number of hydrogen-bond acceptors (Lipinski definition) is 1. The van der Waals surface area contributed by atoms with Crippen LogP contribution < -0.4 is 0 Å². The van der Waals surface area contributed by atoms with E-state index in [-0.39, 0.29) is 0 Å². The van der Waals surface area contributed by atoms with Gasteiger partial charge in [-0.15, -0.1) is 11.3 Å². The van der Waals surface area contributed by atoms with Crippen molar-refractivity contribution in [2.45, 2.75) is 36.9 Å². The van der Waals surface area contributed by atoms with Crippen LogP contribution in [0.5, 0.6) is 0 Å². The van der Waals surface area contributed by atoms with Gasteiger partial charge in [0.05, 0.1) is 0 Å². The van der Waals surface area contributed by atoms with Crippen LogP contribution in [0.15, 0.2) is 12.1 Å². The number of hydrogen-bond donors (Lipinski definition) is 0. The molecule has 0 aliphatic heterocycles. The summed E-state index contributed by atoms with van der Waals surface area (Å²) in [5, 5.41) is 0. The molecule has 2 heteroatoms. The van der Waals surface area contributed by atoms with Gasteiger partial charge in [-0.3, -0.25) is 0 Å². The summed E-state index contributed by atoms with van der Waals surface area (Å²) >= 11 is 5.72. The SMILES string of the molecule is Cc1ccc(C2CCCC2Br)s1. The van der Waals surface area contributed by atoms with E-state index in [4.69, 9.17) is 0 Å². The molecule has 0 aromatic carbocycles. The molecule has 0 bridgehead atoms. The van der Waals surface area contributed by atoms with Gasteiger partial charge in [-0.25, -0.2) is 0 Å². The molecule has 12 heavy (non-hydrogen) atoms. The number of alkyl halides is 1. The molecule has 1 fully saturated rings. The van der Waals surface area contributed by atoms with E-state index in [0.29, 0.717) is 0 Å². The van der Waals surface area contributed by atoms with E-state index in [1.54, 1.807) is 4.88 Å². The molecule has 1 aromatic heterocycles. The van der Waals surface area contributed by atoms with Crippen LogP contribution in [0.25, 0.3) is 0 Å². The van der Waals surface area contributed by atoms with Crippen LogP contribution in [0.2, 0.25) is 0 Å². The quantitative estimate of drug-likeness (QED) is 0.654. The Labute approximate surface area is 86.1 Å². The summed E-state index contributed by atoms with van der Waals surface area (Å²) in [5.74, 6) is 0.795. The fraction of sp³-hybridized carbons (Fsp3) is 0.600. The summed E-state index contributed by atoms with van der Waals surface area (Å²) in [7, 11) is 0. The van der Waals surface area contributed by atoms with Gasteiger partial charge >= 0.3 is 0 Å². The summed E-state index contributed by atoms with van der Waals surface area (Å²) in [6.45, 7) is 2.19. The largest absolute Gasteiger partial charge is 0.145 e. The van der Waals surface area contributed by atoms with Crippen LogP contribution in [-0.4, -0.2) is 4.83 Å². The van der Waals surface area contributed by atoms with Crippen molar-refractivity contribution in [1.82, 2.24) is 0 Å². The van der Waals surface area contributed by atoms with Gasteiger partial charge in [0, 0.05) is 20.5 Å². The lowest BCUT2D eigenvalue weighted by atomic mass is 10.1. The van der Waals surface area contributed by atoms with E-state index in [2.05, 4.69) is 35.0 Å². The Kier molecular flexibility index (Phi) is 2.56. The van der Waals surface area contributed by atoms with Crippen molar-refractivity contribution in [1.29, 1.82) is 0 Å². The van der Waals surface area contributed by atoms with Crippen LogP contribution in [0.4, 0.5) is 0 Å². The molecule has 2 unspecified atom stereocenters. The second-order valence-electron chi connectivity index (χ2n) is 3.50. The molecule has 0 radical (unpaired) electrons. The first-order valence-electron chi connectivity index (χ1n) is 4.48. The zero-order valence-electron chi connectivity index (χ0n) is 7.22. The summed E-state index contributed by atoms with van der Waals surface area (Å²) in [6, 6.07) is 4.53. The summed E-state index contributed by atoms with van der Waals surface area (Å²) in [5.41, 5.74) is 0. The molecule has 0 spiro atoms. The van der Waals surface area contributed by atoms with Gasteiger partial charge in [-0.1, -0.05) is 22.4 Å². The van der Waals surface area contributed by atoms with Crippen molar-refractivity contribution in [3.8, 4) is 0 Å². The summed E-state index contributed by atoms with van der Waals surface area (Å²) < 4.78 is 0. The first kappa shape index (κ1) is 8.76. The fourth-order valence-electron chi connectivity index (χ4n) is 1.89. The van der Waals surface area contributed by atoms with Crippen molar-refractivity contribution in [2.24, 2.45) is 0 Å². The maximum atomic E-state index is 3.76. The second-order valence-corrected chi connectivity index (χ2v) is 6.00. The maximum absolute atomic E-state index is 3.76. The smallest absolute Gasteiger partial charge is 0.0222 e.